The van der Waals surface area contributed by atoms with Gasteiger partial charge in [0.25, 0.3) is 0 Å². The van der Waals surface area contributed by atoms with Gasteiger partial charge in [-0.1, -0.05) is 93.6 Å². The first-order chi connectivity index (χ1) is 34.6. The highest BCUT2D eigenvalue weighted by Gasteiger charge is 2.26. The Labute approximate surface area is 411 Å². The minimum atomic E-state index is -1.000. The Balaban J connectivity index is 1.25. The fourth-order valence-electron chi connectivity index (χ4n) is 10.6. The third kappa shape index (κ3) is 7.23. The van der Waals surface area contributed by atoms with Crippen LogP contribution in [0.4, 0.5) is 0 Å². The second-order valence-electron chi connectivity index (χ2n) is 19.8. The smallest absolute Gasteiger partial charge is 0.335 e. The van der Waals surface area contributed by atoms with E-state index in [2.05, 4.69) is 87.5 Å². The van der Waals surface area contributed by atoms with Crippen LogP contribution in [0.3, 0.4) is 0 Å². The van der Waals surface area contributed by atoms with E-state index in [-0.39, 0.29) is 27.7 Å². The second-order valence-corrected chi connectivity index (χ2v) is 19.8. The Morgan fingerprint density at radius 2 is 0.528 bits per heavy atom. The lowest BCUT2D eigenvalue weighted by Crippen LogP contribution is -2.11. The van der Waals surface area contributed by atoms with Crippen molar-refractivity contribution in [2.45, 2.75) is 26.2 Å². The lowest BCUT2D eigenvalue weighted by molar-refractivity contribution is 0.0686. The van der Waals surface area contributed by atoms with Crippen molar-refractivity contribution < 1.29 is 39.6 Å². The molecule has 12 rings (SSSR count). The van der Waals surface area contributed by atoms with E-state index in [1.807, 2.05) is 60.7 Å². The molecule has 0 aliphatic carbocycles. The predicted molar refractivity (Wildman–Crippen MR) is 288 cm³/mol. The number of hydrogen-bond acceptors (Lipinski definition) is 4. The first kappa shape index (κ1) is 43.9. The van der Waals surface area contributed by atoms with Crippen molar-refractivity contribution in [3.8, 4) is 44.5 Å². The molecule has 8 nitrogen and oxygen atoms in total. The summed E-state index contributed by atoms with van der Waals surface area (Å²) in [7, 11) is 0. The van der Waals surface area contributed by atoms with E-state index < -0.39 is 23.9 Å². The lowest BCUT2D eigenvalue weighted by Gasteiger charge is -2.26. The van der Waals surface area contributed by atoms with Gasteiger partial charge >= 0.3 is 23.9 Å². The number of carboxylic acid groups (broad SMARTS) is 4. The molecule has 0 atom stereocenters. The predicted octanol–water partition coefficient (Wildman–Crippen LogP) is 16.0. The molecule has 0 unspecified atom stereocenters. The van der Waals surface area contributed by atoms with Crippen molar-refractivity contribution in [2.24, 2.45) is 0 Å². The van der Waals surface area contributed by atoms with Crippen LogP contribution in [-0.2, 0) is 5.41 Å². The summed E-state index contributed by atoms with van der Waals surface area (Å²) < 4.78 is 0. The Hall–Kier alpha value is -9.40. The summed E-state index contributed by atoms with van der Waals surface area (Å²) in [5, 5.41) is 52.3. The number of rotatable bonds is 8. The van der Waals surface area contributed by atoms with Crippen LogP contribution in [0.5, 0.6) is 0 Å². The van der Waals surface area contributed by atoms with E-state index in [9.17, 15) is 39.6 Å². The summed E-state index contributed by atoms with van der Waals surface area (Å²) in [6.45, 7) is 6.62. The van der Waals surface area contributed by atoms with Crippen LogP contribution >= 0.6 is 0 Å². The van der Waals surface area contributed by atoms with Crippen LogP contribution in [0.1, 0.15) is 67.8 Å². The molecule has 0 spiro atoms. The minimum absolute atomic E-state index is 0.202. The fraction of sp³-hybridized carbons (Fsp3) is 0.0625. The Morgan fingerprint density at radius 1 is 0.292 bits per heavy atom. The SMILES string of the molecule is CC(C)(C)c1cc2c(-c3ccc4cc(C(=O)O)ccc4c3)cc3c(-c4ccc5cc(C(=O)O)ccc5c4)cc(-c4ccc5cc(C(=O)O)ccc5c4)c4cc(-c5ccc6cc(C(=O)O)ccc6c5)c(c1)c2c34. The molecular weight excluding hydrogens is 897 g/mol. The van der Waals surface area contributed by atoms with E-state index in [1.165, 1.54) is 0 Å². The normalized spacial score (nSPS) is 12.0. The zero-order valence-corrected chi connectivity index (χ0v) is 39.2. The van der Waals surface area contributed by atoms with Gasteiger partial charge in [-0.25, -0.2) is 19.2 Å². The van der Waals surface area contributed by atoms with Gasteiger partial charge in [-0.05, 0) is 234 Å². The number of aromatic carboxylic acids is 4. The van der Waals surface area contributed by atoms with Gasteiger partial charge in [0.1, 0.15) is 0 Å². The van der Waals surface area contributed by atoms with Crippen molar-refractivity contribution in [2.75, 3.05) is 0 Å². The van der Waals surface area contributed by atoms with Gasteiger partial charge in [0, 0.05) is 0 Å². The average molecular weight is 939 g/mol. The standard InChI is InChI=1S/C64H42O8/c1-64(2,3)49-28-54-52(43-14-6-39-26-47(62(69)70)18-10-35(39)22-43)31-56-50(41-12-4-37-24-45(60(65)66)16-8-33(37)20-41)30-51(42-13-5-38-25-46(61(67)68)17-9-34(38)21-42)57-32-53(55(29-49)58(54)59(56)57)44-15-7-40-27-48(63(71)72)19-11-36(40)23-44/h4-32H,1-3H3,(H,65,66)(H,67,68)(H,69,70)(H,71,72). The van der Waals surface area contributed by atoms with Crippen LogP contribution in [0.15, 0.2) is 176 Å². The molecule has 0 bridgehead atoms. The zero-order chi connectivity index (χ0) is 49.9. The highest BCUT2D eigenvalue weighted by atomic mass is 16.4. The molecule has 72 heavy (non-hydrogen) atoms. The molecular formula is C64H42O8. The van der Waals surface area contributed by atoms with Crippen molar-refractivity contribution in [1.82, 2.24) is 0 Å². The molecule has 0 aromatic heterocycles. The second kappa shape index (κ2) is 16.1. The largest absolute Gasteiger partial charge is 0.478 e. The van der Waals surface area contributed by atoms with Crippen LogP contribution in [0, 0.1) is 0 Å². The van der Waals surface area contributed by atoms with E-state index >= 15 is 0 Å². The number of benzene rings is 12. The third-order valence-electron chi connectivity index (χ3n) is 14.4. The third-order valence-corrected chi connectivity index (χ3v) is 14.4. The van der Waals surface area contributed by atoms with Crippen molar-refractivity contribution >= 4 is 99.3 Å². The van der Waals surface area contributed by atoms with Crippen LogP contribution in [0.25, 0.3) is 120 Å². The molecule has 12 aromatic rings. The maximum Gasteiger partial charge on any atom is 0.335 e. The monoisotopic (exact) mass is 938 g/mol. The summed E-state index contributed by atoms with van der Waals surface area (Å²) in [6, 6.07) is 56.6. The van der Waals surface area contributed by atoms with E-state index in [4.69, 9.17) is 0 Å². The van der Waals surface area contributed by atoms with Gasteiger partial charge in [-0.15, -0.1) is 0 Å². The number of hydrogen-bond donors (Lipinski definition) is 4. The van der Waals surface area contributed by atoms with Crippen molar-refractivity contribution in [3.63, 3.8) is 0 Å². The molecule has 0 heterocycles. The molecule has 0 aliphatic rings. The van der Waals surface area contributed by atoms with Gasteiger partial charge in [0.05, 0.1) is 22.3 Å². The van der Waals surface area contributed by atoms with E-state index in [0.29, 0.717) is 0 Å². The van der Waals surface area contributed by atoms with Gasteiger partial charge in [0.2, 0.25) is 0 Å². The molecule has 4 N–H and O–H groups in total. The fourth-order valence-corrected chi connectivity index (χ4v) is 10.6. The molecule has 0 saturated carbocycles. The molecule has 0 saturated heterocycles. The molecule has 0 radical (unpaired) electrons. The molecule has 12 aromatic carbocycles. The van der Waals surface area contributed by atoms with Crippen LogP contribution < -0.4 is 0 Å². The van der Waals surface area contributed by atoms with Crippen molar-refractivity contribution in [1.29, 1.82) is 0 Å². The Bertz CT molecular complexity index is 4120. The molecule has 0 fully saturated rings. The van der Waals surface area contributed by atoms with Gasteiger partial charge in [0.15, 0.2) is 0 Å². The molecule has 346 valence electrons. The van der Waals surface area contributed by atoms with Crippen molar-refractivity contribution in [3.05, 3.63) is 204 Å². The zero-order valence-electron chi connectivity index (χ0n) is 39.2. The first-order valence-electron chi connectivity index (χ1n) is 23.5. The Kier molecular flexibility index (Phi) is 9.79. The maximum absolute atomic E-state index is 12.0. The summed E-state index contributed by atoms with van der Waals surface area (Å²) in [4.78, 5) is 48.1. The first-order valence-corrected chi connectivity index (χ1v) is 23.5. The summed E-state index contributed by atoms with van der Waals surface area (Å²) in [5.41, 5.74) is 9.30. The van der Waals surface area contributed by atoms with Crippen LogP contribution in [0.2, 0.25) is 0 Å². The van der Waals surface area contributed by atoms with Gasteiger partial charge < -0.3 is 20.4 Å². The van der Waals surface area contributed by atoms with E-state index in [0.717, 1.165) is 125 Å². The topological polar surface area (TPSA) is 149 Å². The summed E-state index contributed by atoms with van der Waals surface area (Å²) in [6.07, 6.45) is 0. The molecule has 8 heteroatoms. The number of fused-ring (bicyclic) bond motifs is 4. The maximum atomic E-state index is 12.0. The number of carbonyl (C=O) groups is 4. The highest BCUT2D eigenvalue weighted by molar-refractivity contribution is 6.33. The summed E-state index contributed by atoms with van der Waals surface area (Å²) >= 11 is 0. The highest BCUT2D eigenvalue weighted by Crippen LogP contribution is 2.51. The summed E-state index contributed by atoms with van der Waals surface area (Å²) in [5.74, 6) is -3.98. The van der Waals surface area contributed by atoms with E-state index in [1.54, 1.807) is 48.5 Å². The lowest BCUT2D eigenvalue weighted by atomic mass is 9.77. The average Bonchev–Trinajstić information content (AvgIpc) is 3.37. The quantitative estimate of drug-likeness (QED) is 0.110. The Morgan fingerprint density at radius 3 is 0.792 bits per heavy atom. The molecule has 0 aliphatic heterocycles. The van der Waals surface area contributed by atoms with Gasteiger partial charge in [-0.3, -0.25) is 0 Å². The van der Waals surface area contributed by atoms with Crippen LogP contribution in [-0.4, -0.2) is 44.3 Å². The minimum Gasteiger partial charge on any atom is -0.478 e. The number of carboxylic acids is 4. The van der Waals surface area contributed by atoms with Gasteiger partial charge in [-0.2, -0.15) is 0 Å². The molecule has 0 amide bonds.